The maximum Gasteiger partial charge on any atom is 0.333 e. The van der Waals surface area contributed by atoms with Crippen LogP contribution in [0.25, 0.3) is 11.2 Å². The van der Waals surface area contributed by atoms with Gasteiger partial charge < -0.3 is 9.47 Å². The number of likely N-dealkylation sites (tertiary alicyclic amines) is 1. The molecular weight excluding hydrogens is 418 g/mol. The largest absolute Gasteiger partial charge is 0.341 e. The van der Waals surface area contributed by atoms with Gasteiger partial charge in [-0.25, -0.2) is 14.3 Å². The predicted octanol–water partition coefficient (Wildman–Crippen LogP) is 2.47. The first-order valence-corrected chi connectivity index (χ1v) is 12.1. The van der Waals surface area contributed by atoms with Crippen LogP contribution in [0.1, 0.15) is 44.6 Å². The average Bonchev–Trinajstić information content (AvgIpc) is 3.29. The van der Waals surface area contributed by atoms with E-state index < -0.39 is 11.2 Å². The second-order valence-electron chi connectivity index (χ2n) is 9.38. The van der Waals surface area contributed by atoms with Gasteiger partial charge in [0.15, 0.2) is 11.2 Å². The van der Waals surface area contributed by atoms with Crippen molar-refractivity contribution in [2.75, 3.05) is 13.1 Å². The minimum absolute atomic E-state index is 0.147. The van der Waals surface area contributed by atoms with Crippen LogP contribution in [0, 0.1) is 11.8 Å². The molecule has 33 heavy (non-hydrogen) atoms. The summed E-state index contributed by atoms with van der Waals surface area (Å²) in [6, 6.07) is 9.62. The van der Waals surface area contributed by atoms with Gasteiger partial charge in [-0.05, 0) is 37.2 Å². The van der Waals surface area contributed by atoms with Crippen molar-refractivity contribution in [2.45, 2.75) is 58.7 Å². The standard InChI is InChI=1S/C25H31N5O3/c1-2-27-17-26-23-22(27)24(32)30(25(33)29(23)14-18-8-4-3-5-9-18)16-21(31)28-13-12-19-10-6-7-11-20(19)15-28/h3-5,8-9,17,19-20H,2,6-7,10-16H2,1H3/t19-,20-/m0/s1. The molecule has 0 spiro atoms. The van der Waals surface area contributed by atoms with Gasteiger partial charge >= 0.3 is 5.69 Å². The molecular formula is C25H31N5O3. The molecule has 2 atom stereocenters. The normalized spacial score (nSPS) is 20.7. The number of aromatic nitrogens is 4. The summed E-state index contributed by atoms with van der Waals surface area (Å²) in [6.45, 7) is 4.00. The highest BCUT2D eigenvalue weighted by atomic mass is 16.2. The van der Waals surface area contributed by atoms with Gasteiger partial charge in [0.05, 0.1) is 12.9 Å². The van der Waals surface area contributed by atoms with Gasteiger partial charge in [0.25, 0.3) is 5.56 Å². The maximum atomic E-state index is 13.5. The number of hydrogen-bond acceptors (Lipinski definition) is 4. The minimum atomic E-state index is -0.487. The van der Waals surface area contributed by atoms with E-state index in [9.17, 15) is 14.4 Å². The zero-order valence-corrected chi connectivity index (χ0v) is 19.2. The van der Waals surface area contributed by atoms with Crippen molar-refractivity contribution in [1.29, 1.82) is 0 Å². The number of carbonyl (C=O) groups is 1. The number of aryl methyl sites for hydroxylation is 1. The Morgan fingerprint density at radius 1 is 1.03 bits per heavy atom. The van der Waals surface area contributed by atoms with Gasteiger partial charge in [-0.3, -0.25) is 14.2 Å². The second-order valence-corrected chi connectivity index (χ2v) is 9.38. The van der Waals surface area contributed by atoms with Gasteiger partial charge in [0.1, 0.15) is 6.54 Å². The summed E-state index contributed by atoms with van der Waals surface area (Å²) < 4.78 is 4.36. The molecule has 0 unspecified atom stereocenters. The van der Waals surface area contributed by atoms with Crippen molar-refractivity contribution in [2.24, 2.45) is 11.8 Å². The molecule has 0 bridgehead atoms. The lowest BCUT2D eigenvalue weighted by Crippen LogP contribution is -2.49. The van der Waals surface area contributed by atoms with Gasteiger partial charge in [0, 0.05) is 19.6 Å². The number of hydrogen-bond donors (Lipinski definition) is 0. The maximum absolute atomic E-state index is 13.5. The molecule has 2 aromatic heterocycles. The summed E-state index contributed by atoms with van der Waals surface area (Å²) in [6.07, 6.45) is 7.55. The SMILES string of the molecule is CCn1cnc2c1c(=O)n(CC(=O)N1CC[C@@H]3CCCC[C@H]3C1)c(=O)n2Cc1ccccc1. The Bertz CT molecular complexity index is 1270. The fourth-order valence-corrected chi connectivity index (χ4v) is 5.59. The van der Waals surface area contributed by atoms with Crippen molar-refractivity contribution in [3.8, 4) is 0 Å². The number of piperidine rings is 1. The smallest absolute Gasteiger partial charge is 0.333 e. The summed E-state index contributed by atoms with van der Waals surface area (Å²) >= 11 is 0. The molecule has 3 aromatic rings. The van der Waals surface area contributed by atoms with Crippen molar-refractivity contribution in [1.82, 2.24) is 23.6 Å². The highest BCUT2D eigenvalue weighted by Gasteiger charge is 2.33. The molecule has 2 fully saturated rings. The van der Waals surface area contributed by atoms with Crippen molar-refractivity contribution in [3.05, 3.63) is 63.1 Å². The summed E-state index contributed by atoms with van der Waals surface area (Å²) in [5.74, 6) is 1.11. The molecule has 1 saturated heterocycles. The van der Waals surface area contributed by atoms with Crippen LogP contribution < -0.4 is 11.2 Å². The number of amides is 1. The first kappa shape index (κ1) is 21.7. The third-order valence-corrected chi connectivity index (χ3v) is 7.45. The number of fused-ring (bicyclic) bond motifs is 2. The van der Waals surface area contributed by atoms with Crippen LogP contribution in [0.5, 0.6) is 0 Å². The van der Waals surface area contributed by atoms with E-state index in [1.54, 1.807) is 10.9 Å². The Hall–Kier alpha value is -3.16. The van der Waals surface area contributed by atoms with E-state index in [1.807, 2.05) is 42.2 Å². The van der Waals surface area contributed by atoms with Crippen molar-refractivity contribution in [3.63, 3.8) is 0 Å². The van der Waals surface area contributed by atoms with Gasteiger partial charge in [-0.1, -0.05) is 49.6 Å². The topological polar surface area (TPSA) is 82.1 Å². The molecule has 3 heterocycles. The van der Waals surface area contributed by atoms with E-state index in [-0.39, 0.29) is 12.5 Å². The predicted molar refractivity (Wildman–Crippen MR) is 126 cm³/mol. The summed E-state index contributed by atoms with van der Waals surface area (Å²) in [7, 11) is 0. The second kappa shape index (κ2) is 9.00. The van der Waals surface area contributed by atoms with Crippen molar-refractivity contribution >= 4 is 17.1 Å². The number of benzene rings is 1. The van der Waals surface area contributed by atoms with Crippen LogP contribution in [0.3, 0.4) is 0 Å². The van der Waals surface area contributed by atoms with Gasteiger partial charge in [0.2, 0.25) is 5.91 Å². The highest BCUT2D eigenvalue weighted by molar-refractivity contribution is 5.77. The van der Waals surface area contributed by atoms with E-state index in [2.05, 4.69) is 4.98 Å². The molecule has 2 aliphatic rings. The van der Waals surface area contributed by atoms with E-state index in [4.69, 9.17) is 0 Å². The first-order chi connectivity index (χ1) is 16.1. The van der Waals surface area contributed by atoms with Crippen LogP contribution in [-0.4, -0.2) is 42.6 Å². The zero-order valence-electron chi connectivity index (χ0n) is 19.2. The minimum Gasteiger partial charge on any atom is -0.341 e. The summed E-state index contributed by atoms with van der Waals surface area (Å²) in [5, 5.41) is 0. The molecule has 8 heteroatoms. The van der Waals surface area contributed by atoms with E-state index in [0.717, 1.165) is 23.1 Å². The van der Waals surface area contributed by atoms with Crippen LogP contribution in [0.2, 0.25) is 0 Å². The number of nitrogens with zero attached hydrogens (tertiary/aromatic N) is 5. The molecule has 0 N–H and O–H groups in total. The fraction of sp³-hybridized carbons (Fsp3) is 0.520. The third kappa shape index (κ3) is 4.03. The quantitative estimate of drug-likeness (QED) is 0.599. The number of imidazole rings is 1. The summed E-state index contributed by atoms with van der Waals surface area (Å²) in [4.78, 5) is 46.3. The molecule has 8 nitrogen and oxygen atoms in total. The van der Waals surface area contributed by atoms with Crippen LogP contribution >= 0.6 is 0 Å². The number of rotatable bonds is 5. The van der Waals surface area contributed by atoms with Crippen molar-refractivity contribution < 1.29 is 4.79 Å². The lowest BCUT2D eigenvalue weighted by Gasteiger charge is -2.41. The monoisotopic (exact) mass is 449 g/mol. The zero-order chi connectivity index (χ0) is 22.9. The van der Waals surface area contributed by atoms with Crippen LogP contribution in [-0.2, 0) is 24.4 Å². The van der Waals surface area contributed by atoms with Crippen LogP contribution in [0.15, 0.2) is 46.2 Å². The van der Waals surface area contributed by atoms with E-state index >= 15 is 0 Å². The Morgan fingerprint density at radius 3 is 2.55 bits per heavy atom. The average molecular weight is 450 g/mol. The molecule has 174 valence electrons. The van der Waals surface area contributed by atoms with Gasteiger partial charge in [-0.2, -0.15) is 0 Å². The molecule has 1 amide bonds. The summed E-state index contributed by atoms with van der Waals surface area (Å²) in [5.41, 5.74) is 0.732. The fourth-order valence-electron chi connectivity index (χ4n) is 5.59. The van der Waals surface area contributed by atoms with Crippen LogP contribution in [0.4, 0.5) is 0 Å². The third-order valence-electron chi connectivity index (χ3n) is 7.45. The molecule has 0 radical (unpaired) electrons. The van der Waals surface area contributed by atoms with Gasteiger partial charge in [-0.15, -0.1) is 0 Å². The molecule has 5 rings (SSSR count). The molecule has 1 saturated carbocycles. The Labute approximate surface area is 192 Å². The van der Waals surface area contributed by atoms with E-state index in [0.29, 0.717) is 42.6 Å². The Kier molecular flexibility index (Phi) is 5.91. The van der Waals surface area contributed by atoms with E-state index in [1.165, 1.54) is 30.3 Å². The lowest BCUT2D eigenvalue weighted by atomic mass is 9.75. The Morgan fingerprint density at radius 2 is 1.79 bits per heavy atom. The Balaban J connectivity index is 1.50. The highest BCUT2D eigenvalue weighted by Crippen LogP contribution is 2.36. The first-order valence-electron chi connectivity index (χ1n) is 12.1. The molecule has 1 aliphatic heterocycles. The number of carbonyl (C=O) groups excluding carboxylic acids is 1. The molecule has 1 aliphatic carbocycles. The lowest BCUT2D eigenvalue weighted by molar-refractivity contribution is -0.135. The molecule has 1 aromatic carbocycles.